The van der Waals surface area contributed by atoms with E-state index in [2.05, 4.69) is 0 Å². The van der Waals surface area contributed by atoms with Crippen LogP contribution in [0.25, 0.3) is 0 Å². The maximum Gasteiger partial charge on any atom is 0.274 e. The van der Waals surface area contributed by atoms with Crippen molar-refractivity contribution in [3.8, 4) is 0 Å². The molecule has 2 atom stereocenters. The molecule has 6 nitrogen and oxygen atoms in total. The fourth-order valence-corrected chi connectivity index (χ4v) is 0. The van der Waals surface area contributed by atoms with E-state index < -0.39 is 20.2 Å². The molecule has 0 fully saturated rings. The summed E-state index contributed by atoms with van der Waals surface area (Å²) in [5, 5.41) is 0. The number of rotatable bonds is 1. The first kappa shape index (κ1) is 18.8. The van der Waals surface area contributed by atoms with Crippen molar-refractivity contribution in [1.29, 1.82) is 0 Å². The second-order valence-electron chi connectivity index (χ2n) is 2.18. The van der Waals surface area contributed by atoms with Gasteiger partial charge in [0, 0.05) is 0 Å². The van der Waals surface area contributed by atoms with Gasteiger partial charge in [-0.1, -0.05) is 6.92 Å². The van der Waals surface area contributed by atoms with Gasteiger partial charge < -0.3 is 10.6 Å². The smallest absolute Gasteiger partial charge is 0.274 e. The van der Waals surface area contributed by atoms with E-state index in [1.54, 1.807) is 0 Å². The van der Waals surface area contributed by atoms with Crippen LogP contribution in [0.15, 0.2) is 0 Å². The van der Waals surface area contributed by atoms with Crippen molar-refractivity contribution in [3.63, 3.8) is 0 Å². The molecule has 2 unspecified atom stereocenters. The van der Waals surface area contributed by atoms with Gasteiger partial charge in [0.05, 0.1) is 0 Å². The molecule has 0 heterocycles. The molecule has 0 aliphatic rings. The molecule has 0 aliphatic carbocycles. The summed E-state index contributed by atoms with van der Waals surface area (Å²) >= 11 is 0. The zero-order chi connectivity index (χ0) is 11.4. The molecule has 0 bridgehead atoms. The average Bonchev–Trinajstić information content (AvgIpc) is 1.87. The lowest BCUT2D eigenvalue weighted by Gasteiger charge is -1.90. The number of nitrogens with two attached hydrogens (primary N) is 1. The second-order valence-corrected chi connectivity index (χ2v) is 4.76. The molecule has 0 aromatic rings. The predicted octanol–water partition coefficient (Wildman–Crippen LogP) is -0.512. The van der Waals surface area contributed by atoms with E-state index in [9.17, 15) is 8.42 Å². The molecular weight excluding hydrogens is 216 g/mol. The SMILES string of the molecule is CCN.CN(C)C.O=S(O)S(=O)O. The highest BCUT2D eigenvalue weighted by Crippen LogP contribution is 1.74. The van der Waals surface area contributed by atoms with Crippen molar-refractivity contribution >= 4 is 20.2 Å². The van der Waals surface area contributed by atoms with Crippen LogP contribution >= 0.6 is 0 Å². The Labute approximate surface area is 83.5 Å². The van der Waals surface area contributed by atoms with Gasteiger partial charge in [0.2, 0.25) is 0 Å². The van der Waals surface area contributed by atoms with Crippen LogP contribution in [0, 0.1) is 0 Å². The zero-order valence-electron chi connectivity index (χ0n) is 8.26. The third-order valence-corrected chi connectivity index (χ3v) is 1.10. The fraction of sp³-hybridized carbons (Fsp3) is 1.00. The molecule has 0 aliphatic heterocycles. The summed E-state index contributed by atoms with van der Waals surface area (Å²) in [7, 11) is 0.821. The number of hydrogen-bond donors (Lipinski definition) is 3. The quantitative estimate of drug-likeness (QED) is 0.417. The number of nitrogens with zero attached hydrogens (tertiary/aromatic N) is 1. The molecule has 0 aromatic heterocycles. The molecule has 0 saturated carbocycles. The van der Waals surface area contributed by atoms with E-state index in [-0.39, 0.29) is 0 Å². The Kier molecular flexibility index (Phi) is 21.2. The minimum absolute atomic E-state index is 0.750. The summed E-state index contributed by atoms with van der Waals surface area (Å²) in [4.78, 5) is 2.00. The van der Waals surface area contributed by atoms with Gasteiger partial charge in [-0.25, -0.2) is 8.42 Å². The van der Waals surface area contributed by atoms with Gasteiger partial charge in [0.25, 0.3) is 20.2 Å². The Balaban J connectivity index is -0.000000125. The second kappa shape index (κ2) is 14.7. The summed E-state index contributed by atoms with van der Waals surface area (Å²) in [6.07, 6.45) is 0. The zero-order valence-corrected chi connectivity index (χ0v) is 9.89. The van der Waals surface area contributed by atoms with E-state index in [1.807, 2.05) is 33.0 Å². The van der Waals surface area contributed by atoms with Crippen LogP contribution in [-0.4, -0.2) is 50.1 Å². The standard InChI is InChI=1S/C3H9N.C2H7N.H2O4S2/c1-4(2)3;1-2-3;1-5(2)6(3)4/h1-3H3;2-3H2,1H3;(H,1,2)(H,3,4). The van der Waals surface area contributed by atoms with Crippen LogP contribution in [0.3, 0.4) is 0 Å². The van der Waals surface area contributed by atoms with E-state index in [1.165, 1.54) is 0 Å². The van der Waals surface area contributed by atoms with Crippen molar-refractivity contribution in [1.82, 2.24) is 4.90 Å². The highest BCUT2D eigenvalue weighted by atomic mass is 33.2. The molecule has 13 heavy (non-hydrogen) atoms. The largest absolute Gasteiger partial charge is 0.331 e. The van der Waals surface area contributed by atoms with Crippen LogP contribution in [0.4, 0.5) is 0 Å². The lowest BCUT2D eigenvalue weighted by atomic mass is 10.8. The van der Waals surface area contributed by atoms with E-state index in [0.29, 0.717) is 0 Å². The first-order valence-corrected chi connectivity index (χ1v) is 6.05. The molecule has 8 heteroatoms. The summed E-state index contributed by atoms with van der Waals surface area (Å²) in [5.41, 5.74) is 4.85. The first-order valence-electron chi connectivity index (χ1n) is 3.32. The summed E-state index contributed by atoms with van der Waals surface area (Å²) < 4.78 is 33.6. The molecule has 0 radical (unpaired) electrons. The monoisotopic (exact) mass is 234 g/mol. The van der Waals surface area contributed by atoms with E-state index >= 15 is 0 Å². The molecule has 0 amide bonds. The Morgan fingerprint density at radius 1 is 1.15 bits per heavy atom. The van der Waals surface area contributed by atoms with Gasteiger partial charge >= 0.3 is 0 Å². The molecule has 0 spiro atoms. The maximum atomic E-state index is 9.26. The van der Waals surface area contributed by atoms with Crippen LogP contribution in [0.5, 0.6) is 0 Å². The third-order valence-electron chi connectivity index (χ3n) is 0.122. The average molecular weight is 234 g/mol. The van der Waals surface area contributed by atoms with Crippen molar-refractivity contribution < 1.29 is 17.5 Å². The minimum atomic E-state index is -2.59. The fourth-order valence-electron chi connectivity index (χ4n) is 0. The summed E-state index contributed by atoms with van der Waals surface area (Å²) in [6.45, 7) is 2.65. The van der Waals surface area contributed by atoms with Crippen LogP contribution < -0.4 is 5.73 Å². The predicted molar refractivity (Wildman–Crippen MR) is 55.9 cm³/mol. The van der Waals surface area contributed by atoms with Gasteiger partial charge in [0.1, 0.15) is 0 Å². The molecule has 84 valence electrons. The van der Waals surface area contributed by atoms with Gasteiger partial charge in [-0.05, 0) is 27.7 Å². The Bertz CT molecular complexity index is 128. The lowest BCUT2D eigenvalue weighted by Crippen LogP contribution is -1.99. The lowest BCUT2D eigenvalue weighted by molar-refractivity contribution is 0.505. The molecular formula is C5H18N2O4S2. The van der Waals surface area contributed by atoms with Gasteiger partial charge in [-0.3, -0.25) is 9.11 Å². The summed E-state index contributed by atoms with van der Waals surface area (Å²) in [5.74, 6) is 0. The van der Waals surface area contributed by atoms with Crippen molar-refractivity contribution in [2.24, 2.45) is 5.73 Å². The normalized spacial score (nSPS) is 13.2. The van der Waals surface area contributed by atoms with Crippen molar-refractivity contribution in [3.05, 3.63) is 0 Å². The molecule has 0 aromatic carbocycles. The third kappa shape index (κ3) is 72.8. The Hall–Kier alpha value is 0.140. The van der Waals surface area contributed by atoms with Crippen LogP contribution in [0.1, 0.15) is 6.92 Å². The van der Waals surface area contributed by atoms with Gasteiger partial charge in [-0.15, -0.1) is 0 Å². The van der Waals surface area contributed by atoms with Crippen molar-refractivity contribution in [2.45, 2.75) is 6.92 Å². The molecule has 4 N–H and O–H groups in total. The molecule has 0 rings (SSSR count). The van der Waals surface area contributed by atoms with Gasteiger partial charge in [0.15, 0.2) is 0 Å². The van der Waals surface area contributed by atoms with E-state index in [0.717, 1.165) is 6.54 Å². The van der Waals surface area contributed by atoms with Crippen molar-refractivity contribution in [2.75, 3.05) is 27.7 Å². The maximum absolute atomic E-state index is 9.26. The topological polar surface area (TPSA) is 104 Å². The highest BCUT2D eigenvalue weighted by molar-refractivity contribution is 8.56. The highest BCUT2D eigenvalue weighted by Gasteiger charge is 1.95. The van der Waals surface area contributed by atoms with Crippen LogP contribution in [0.2, 0.25) is 0 Å². The first-order chi connectivity index (χ1) is 5.79. The Morgan fingerprint density at radius 2 is 1.23 bits per heavy atom. The number of hydrogen-bond acceptors (Lipinski definition) is 4. The minimum Gasteiger partial charge on any atom is -0.331 e. The van der Waals surface area contributed by atoms with Crippen LogP contribution in [-0.2, 0) is 20.2 Å². The summed E-state index contributed by atoms with van der Waals surface area (Å²) in [6, 6.07) is 0. The van der Waals surface area contributed by atoms with Gasteiger partial charge in [-0.2, -0.15) is 0 Å². The van der Waals surface area contributed by atoms with E-state index in [4.69, 9.17) is 14.8 Å². The molecule has 0 saturated heterocycles. The Morgan fingerprint density at radius 3 is 1.23 bits per heavy atom.